The molecule has 36 heavy (non-hydrogen) atoms. The maximum Gasteiger partial charge on any atom is 0.229 e. The van der Waals surface area contributed by atoms with Crippen LogP contribution in [0.5, 0.6) is 5.75 Å². The summed E-state index contributed by atoms with van der Waals surface area (Å²) in [6.07, 6.45) is 1.74. The zero-order valence-electron chi connectivity index (χ0n) is 19.8. The average molecular weight is 499 g/mol. The molecule has 1 aromatic heterocycles. The van der Waals surface area contributed by atoms with Crippen molar-refractivity contribution in [1.82, 2.24) is 9.97 Å². The Kier molecular flexibility index (Phi) is 7.49. The smallest absolute Gasteiger partial charge is 0.229 e. The first-order chi connectivity index (χ1) is 17.4. The third kappa shape index (κ3) is 6.18. The molecule has 0 bridgehead atoms. The van der Waals surface area contributed by atoms with E-state index >= 15 is 0 Å². The molecule has 8 nitrogen and oxygen atoms in total. The van der Waals surface area contributed by atoms with Gasteiger partial charge in [0.05, 0.1) is 27.9 Å². The summed E-state index contributed by atoms with van der Waals surface area (Å²) in [6, 6.07) is 24.1. The minimum absolute atomic E-state index is 0.358. The van der Waals surface area contributed by atoms with Gasteiger partial charge in [-0.25, -0.2) is 9.19 Å². The van der Waals surface area contributed by atoms with Gasteiger partial charge in [0.25, 0.3) is 0 Å². The Hall–Kier alpha value is -4.39. The number of nitrogens with two attached hydrogens (primary N) is 1. The highest BCUT2D eigenvalue weighted by atomic mass is 32.2. The fourth-order valence-electron chi connectivity index (χ4n) is 3.49. The fourth-order valence-corrected chi connectivity index (χ4v) is 4.12. The van der Waals surface area contributed by atoms with E-state index in [4.69, 9.17) is 20.1 Å². The predicted molar refractivity (Wildman–Crippen MR) is 145 cm³/mol. The molecule has 1 heterocycles. The molecule has 0 fully saturated rings. The van der Waals surface area contributed by atoms with Crippen molar-refractivity contribution >= 4 is 33.0 Å². The summed E-state index contributed by atoms with van der Waals surface area (Å²) in [7, 11) is -2.84. The molecule has 0 amide bonds. The van der Waals surface area contributed by atoms with E-state index in [-0.39, 0.29) is 0 Å². The minimum atomic E-state index is -2.84. The number of rotatable bonds is 9. The largest absolute Gasteiger partial charge is 0.494 e. The van der Waals surface area contributed by atoms with Gasteiger partial charge in [-0.2, -0.15) is 10.2 Å². The van der Waals surface area contributed by atoms with E-state index in [1.165, 1.54) is 0 Å². The number of anilines is 3. The van der Waals surface area contributed by atoms with Gasteiger partial charge in [0.15, 0.2) is 0 Å². The van der Waals surface area contributed by atoms with Crippen molar-refractivity contribution in [3.05, 3.63) is 90.1 Å². The lowest BCUT2D eigenvalue weighted by molar-refractivity contribution is 0.340. The molecule has 0 aliphatic rings. The first kappa shape index (κ1) is 24.7. The second kappa shape index (κ2) is 10.9. The van der Waals surface area contributed by atoms with Crippen LogP contribution in [0.1, 0.15) is 18.1 Å². The van der Waals surface area contributed by atoms with Crippen LogP contribution in [0.3, 0.4) is 0 Å². The highest BCUT2D eigenvalue weighted by molar-refractivity contribution is 7.98. The molecule has 3 aromatic carbocycles. The second-order valence-corrected chi connectivity index (χ2v) is 9.88. The van der Waals surface area contributed by atoms with E-state index in [1.54, 1.807) is 36.5 Å². The predicted octanol–water partition coefficient (Wildman–Crippen LogP) is 4.72. The van der Waals surface area contributed by atoms with E-state index in [1.807, 2.05) is 49.4 Å². The molecule has 1 atom stereocenters. The third-order valence-electron chi connectivity index (χ3n) is 5.30. The van der Waals surface area contributed by atoms with Crippen LogP contribution in [-0.4, -0.2) is 26.7 Å². The van der Waals surface area contributed by atoms with Gasteiger partial charge in [0.1, 0.15) is 11.6 Å². The molecule has 182 valence electrons. The van der Waals surface area contributed by atoms with Crippen LogP contribution in [0.15, 0.2) is 83.9 Å². The van der Waals surface area contributed by atoms with Crippen molar-refractivity contribution in [2.45, 2.75) is 18.4 Å². The highest BCUT2D eigenvalue weighted by Gasteiger charge is 2.11. The fraction of sp³-hybridized carbons (Fsp3) is 0.111. The van der Waals surface area contributed by atoms with Crippen LogP contribution in [0.2, 0.25) is 0 Å². The van der Waals surface area contributed by atoms with Crippen LogP contribution in [0, 0.1) is 11.3 Å². The molecule has 4 N–H and O–H groups in total. The SMILES string of the molecule is C=S(N)(=O)c1cccc(Nc2ncc(-c3ccc(OCC)cc3)c(NCc3ccc(C#N)cc3)n2)c1. The van der Waals surface area contributed by atoms with Crippen molar-refractivity contribution in [3.8, 4) is 22.9 Å². The van der Waals surface area contributed by atoms with E-state index in [0.29, 0.717) is 41.1 Å². The van der Waals surface area contributed by atoms with Gasteiger partial charge in [-0.1, -0.05) is 30.3 Å². The number of nitriles is 1. The monoisotopic (exact) mass is 498 g/mol. The van der Waals surface area contributed by atoms with Crippen LogP contribution >= 0.6 is 0 Å². The third-order valence-corrected chi connectivity index (χ3v) is 6.35. The van der Waals surface area contributed by atoms with Gasteiger partial charge >= 0.3 is 0 Å². The van der Waals surface area contributed by atoms with E-state index in [9.17, 15) is 4.21 Å². The Labute approximate surface area is 210 Å². The lowest BCUT2D eigenvalue weighted by Gasteiger charge is -2.14. The maximum absolute atomic E-state index is 12.1. The number of nitrogens with zero attached hydrogens (tertiary/aromatic N) is 3. The molecule has 0 saturated carbocycles. The minimum Gasteiger partial charge on any atom is -0.494 e. The Morgan fingerprint density at radius 3 is 2.53 bits per heavy atom. The van der Waals surface area contributed by atoms with Crippen molar-refractivity contribution in [2.24, 2.45) is 5.14 Å². The maximum atomic E-state index is 12.1. The number of hydrogen-bond acceptors (Lipinski definition) is 7. The van der Waals surface area contributed by atoms with Gasteiger partial charge < -0.3 is 15.4 Å². The average Bonchev–Trinajstić information content (AvgIpc) is 2.88. The molecule has 0 aliphatic carbocycles. The molecule has 0 aliphatic heterocycles. The summed E-state index contributed by atoms with van der Waals surface area (Å²) < 4.78 is 17.7. The summed E-state index contributed by atoms with van der Waals surface area (Å²) in [4.78, 5) is 9.63. The van der Waals surface area contributed by atoms with Crippen LogP contribution in [0.25, 0.3) is 11.1 Å². The number of benzene rings is 3. The van der Waals surface area contributed by atoms with E-state index < -0.39 is 9.71 Å². The molecule has 0 saturated heterocycles. The Morgan fingerprint density at radius 1 is 1.11 bits per heavy atom. The summed E-state index contributed by atoms with van der Waals surface area (Å²) in [5.41, 5.74) is 3.98. The molecule has 0 radical (unpaired) electrons. The first-order valence-corrected chi connectivity index (χ1v) is 13.0. The molecule has 9 heteroatoms. The standard InChI is InChI=1S/C27H26N6O2S/c1-3-35-23-13-11-21(12-14-23)25-18-31-27(32-22-5-4-6-24(15-22)36(2,29)34)33-26(25)30-17-20-9-7-19(16-28)8-10-20/h4-15,18H,2-3,17H2,1H3,(H2,29,34)(H2,30,31,32,33). The number of ether oxygens (including phenoxy) is 1. The molecular weight excluding hydrogens is 472 g/mol. The summed E-state index contributed by atoms with van der Waals surface area (Å²) in [5, 5.41) is 21.3. The molecular formula is C27H26N6O2S. The number of aromatic nitrogens is 2. The van der Waals surface area contributed by atoms with Crippen LogP contribution in [0.4, 0.5) is 17.5 Å². The topological polar surface area (TPSA) is 126 Å². The Balaban J connectivity index is 1.65. The zero-order valence-corrected chi connectivity index (χ0v) is 20.6. The summed E-state index contributed by atoms with van der Waals surface area (Å²) >= 11 is 0. The lowest BCUT2D eigenvalue weighted by atomic mass is 10.1. The van der Waals surface area contributed by atoms with E-state index in [2.05, 4.69) is 27.6 Å². The van der Waals surface area contributed by atoms with Gasteiger partial charge in [-0.05, 0) is 66.4 Å². The highest BCUT2D eigenvalue weighted by Crippen LogP contribution is 2.29. The number of nitrogens with one attached hydrogen (secondary N) is 2. The molecule has 1 unspecified atom stereocenters. The summed E-state index contributed by atoms with van der Waals surface area (Å²) in [6.45, 7) is 3.03. The molecule has 4 aromatic rings. The van der Waals surface area contributed by atoms with Crippen LogP contribution < -0.4 is 20.5 Å². The van der Waals surface area contributed by atoms with Crippen molar-refractivity contribution in [1.29, 1.82) is 5.26 Å². The lowest BCUT2D eigenvalue weighted by Crippen LogP contribution is -2.12. The van der Waals surface area contributed by atoms with Gasteiger partial charge in [-0.15, -0.1) is 0 Å². The van der Waals surface area contributed by atoms with Gasteiger partial charge in [0, 0.05) is 28.9 Å². The van der Waals surface area contributed by atoms with Crippen molar-refractivity contribution in [2.75, 3.05) is 17.2 Å². The van der Waals surface area contributed by atoms with Gasteiger partial charge in [-0.3, -0.25) is 5.14 Å². The quantitative estimate of drug-likeness (QED) is 0.285. The van der Waals surface area contributed by atoms with Gasteiger partial charge in [0.2, 0.25) is 5.95 Å². The van der Waals surface area contributed by atoms with Crippen LogP contribution in [-0.2, 0) is 16.3 Å². The Morgan fingerprint density at radius 2 is 1.86 bits per heavy atom. The summed E-state index contributed by atoms with van der Waals surface area (Å²) in [5.74, 6) is 5.31. The second-order valence-electron chi connectivity index (χ2n) is 7.95. The number of hydrogen-bond donors (Lipinski definition) is 3. The van der Waals surface area contributed by atoms with E-state index in [0.717, 1.165) is 22.4 Å². The Bertz CT molecular complexity index is 1500. The molecule has 0 spiro atoms. The van der Waals surface area contributed by atoms with Crippen molar-refractivity contribution in [3.63, 3.8) is 0 Å². The van der Waals surface area contributed by atoms with Crippen molar-refractivity contribution < 1.29 is 8.95 Å². The normalized spacial score (nSPS) is 12.2. The zero-order chi connectivity index (χ0) is 25.5. The first-order valence-electron chi connectivity index (χ1n) is 11.2. The molecule has 4 rings (SSSR count).